The van der Waals surface area contributed by atoms with Gasteiger partial charge in [-0.25, -0.2) is 0 Å². The zero-order valence-corrected chi connectivity index (χ0v) is 12.4. The normalized spacial score (nSPS) is 13.1. The van der Waals surface area contributed by atoms with Crippen LogP contribution in [-0.4, -0.2) is 29.0 Å². The minimum atomic E-state index is -0.699. The molecule has 1 atom stereocenters. The van der Waals surface area contributed by atoms with Crippen molar-refractivity contribution in [2.24, 2.45) is 0 Å². The average molecular weight is 285 g/mol. The first-order valence-corrected chi connectivity index (χ1v) is 7.25. The van der Waals surface area contributed by atoms with E-state index in [1.54, 1.807) is 0 Å². The minimum absolute atomic E-state index is 0.0397. The van der Waals surface area contributed by atoms with Crippen LogP contribution in [-0.2, 0) is 6.42 Å². The number of hydrogen-bond donors (Lipinski definition) is 3. The lowest BCUT2D eigenvalue weighted by molar-refractivity contribution is 0.0937. The molecule has 2 rings (SSSR count). The van der Waals surface area contributed by atoms with Gasteiger partial charge in [0.2, 0.25) is 0 Å². The summed E-state index contributed by atoms with van der Waals surface area (Å²) >= 11 is 0. The van der Waals surface area contributed by atoms with E-state index in [1.165, 1.54) is 5.56 Å². The summed E-state index contributed by atoms with van der Waals surface area (Å²) in [5.41, 5.74) is 1.67. The molecule has 0 fully saturated rings. The fourth-order valence-electron chi connectivity index (χ4n) is 2.35. The zero-order chi connectivity index (χ0) is 15.1. The Hall–Kier alpha value is -1.68. The molecule has 0 bridgehead atoms. The predicted octanol–water partition coefficient (Wildman–Crippen LogP) is 2.30. The summed E-state index contributed by atoms with van der Waals surface area (Å²) in [6.07, 6.45) is 0.806. The fraction of sp³-hybridized carbons (Fsp3) is 0.333. The molecule has 3 N–H and O–H groups in total. The van der Waals surface area contributed by atoms with Crippen LogP contribution in [0.4, 0.5) is 0 Å². The maximum absolute atomic E-state index is 9.52. The third kappa shape index (κ3) is 4.39. The van der Waals surface area contributed by atoms with Gasteiger partial charge in [0.1, 0.15) is 0 Å². The lowest BCUT2D eigenvalue weighted by Gasteiger charge is -2.32. The van der Waals surface area contributed by atoms with Gasteiger partial charge in [0.25, 0.3) is 0 Å². The van der Waals surface area contributed by atoms with E-state index in [0.717, 1.165) is 12.0 Å². The summed E-state index contributed by atoms with van der Waals surface area (Å²) in [5, 5.41) is 22.4. The lowest BCUT2D eigenvalue weighted by atomic mass is 9.95. The van der Waals surface area contributed by atoms with E-state index < -0.39 is 5.54 Å². The smallest absolute Gasteiger partial charge is 0.0633 e. The first-order valence-electron chi connectivity index (χ1n) is 7.25. The van der Waals surface area contributed by atoms with Crippen LogP contribution >= 0.6 is 0 Å². The van der Waals surface area contributed by atoms with Gasteiger partial charge in [0, 0.05) is 6.04 Å². The van der Waals surface area contributed by atoms with Crippen LogP contribution in [0.3, 0.4) is 0 Å². The highest BCUT2D eigenvalue weighted by Gasteiger charge is 2.26. The second kappa shape index (κ2) is 7.36. The quantitative estimate of drug-likeness (QED) is 0.731. The summed E-state index contributed by atoms with van der Waals surface area (Å²) < 4.78 is 0. The van der Waals surface area contributed by atoms with Gasteiger partial charge in [0.15, 0.2) is 0 Å². The maximum Gasteiger partial charge on any atom is 0.0633 e. The van der Waals surface area contributed by atoms with Crippen molar-refractivity contribution in [3.05, 3.63) is 71.8 Å². The lowest BCUT2D eigenvalue weighted by Crippen LogP contribution is -2.50. The number of aliphatic hydroxyl groups is 2. The van der Waals surface area contributed by atoms with Gasteiger partial charge in [-0.3, -0.25) is 0 Å². The number of nitrogens with one attached hydrogen (secondary N) is 1. The second-order valence-electron chi connectivity index (χ2n) is 5.67. The van der Waals surface area contributed by atoms with Crippen molar-refractivity contribution in [1.82, 2.24) is 5.32 Å². The van der Waals surface area contributed by atoms with Gasteiger partial charge in [-0.1, -0.05) is 60.7 Å². The highest BCUT2D eigenvalue weighted by atomic mass is 16.3. The Morgan fingerprint density at radius 2 is 1.43 bits per heavy atom. The molecule has 0 saturated carbocycles. The Balaban J connectivity index is 2.23. The van der Waals surface area contributed by atoms with E-state index in [1.807, 2.05) is 43.3 Å². The van der Waals surface area contributed by atoms with Crippen LogP contribution < -0.4 is 5.32 Å². The highest BCUT2D eigenvalue weighted by Crippen LogP contribution is 2.21. The first kappa shape index (κ1) is 15.7. The third-order valence-electron chi connectivity index (χ3n) is 3.71. The first-order chi connectivity index (χ1) is 10.2. The molecular formula is C18H23NO2. The summed E-state index contributed by atoms with van der Waals surface area (Å²) in [5.74, 6) is 0. The molecule has 0 aliphatic rings. The molecule has 0 heterocycles. The van der Waals surface area contributed by atoms with Gasteiger partial charge in [-0.2, -0.15) is 0 Å². The molecular weight excluding hydrogens is 262 g/mol. The standard InChI is InChI=1S/C18H23NO2/c1-18(13-20,14-21)19-17(16-10-6-3-7-11-16)12-15-8-4-2-5-9-15/h2-11,17,19-21H,12-14H2,1H3/t17-/m1/s1. The Morgan fingerprint density at radius 3 is 1.95 bits per heavy atom. The number of rotatable bonds is 7. The van der Waals surface area contributed by atoms with Crippen LogP contribution in [0.25, 0.3) is 0 Å². The van der Waals surface area contributed by atoms with Crippen LogP contribution in [0.2, 0.25) is 0 Å². The molecule has 0 amide bonds. The van der Waals surface area contributed by atoms with Crippen LogP contribution in [0, 0.1) is 0 Å². The monoisotopic (exact) mass is 285 g/mol. The molecule has 0 saturated heterocycles. The largest absolute Gasteiger partial charge is 0.394 e. The molecule has 0 spiro atoms. The van der Waals surface area contributed by atoms with E-state index >= 15 is 0 Å². The van der Waals surface area contributed by atoms with Crippen LogP contribution in [0.5, 0.6) is 0 Å². The summed E-state index contributed by atoms with van der Waals surface area (Å²) in [7, 11) is 0. The van der Waals surface area contributed by atoms with Crippen molar-refractivity contribution >= 4 is 0 Å². The van der Waals surface area contributed by atoms with E-state index in [9.17, 15) is 10.2 Å². The molecule has 0 unspecified atom stereocenters. The van der Waals surface area contributed by atoms with Gasteiger partial charge < -0.3 is 15.5 Å². The molecule has 21 heavy (non-hydrogen) atoms. The Kier molecular flexibility index (Phi) is 5.51. The minimum Gasteiger partial charge on any atom is -0.394 e. The van der Waals surface area contributed by atoms with Crippen molar-refractivity contribution in [1.29, 1.82) is 0 Å². The molecule has 3 nitrogen and oxygen atoms in total. The zero-order valence-electron chi connectivity index (χ0n) is 12.4. The van der Waals surface area contributed by atoms with E-state index in [4.69, 9.17) is 0 Å². The van der Waals surface area contributed by atoms with Gasteiger partial charge in [-0.05, 0) is 24.5 Å². The number of benzene rings is 2. The summed E-state index contributed by atoms with van der Waals surface area (Å²) in [6.45, 7) is 1.61. The van der Waals surface area contributed by atoms with Crippen LogP contribution in [0.15, 0.2) is 60.7 Å². The molecule has 3 heteroatoms. The van der Waals surface area contributed by atoms with Gasteiger partial charge in [0.05, 0.1) is 18.8 Å². The van der Waals surface area contributed by atoms with Gasteiger partial charge >= 0.3 is 0 Å². The Morgan fingerprint density at radius 1 is 0.905 bits per heavy atom. The predicted molar refractivity (Wildman–Crippen MR) is 85.0 cm³/mol. The van der Waals surface area contributed by atoms with Crippen molar-refractivity contribution in [2.75, 3.05) is 13.2 Å². The van der Waals surface area contributed by atoms with Crippen molar-refractivity contribution in [3.63, 3.8) is 0 Å². The molecule has 112 valence electrons. The maximum atomic E-state index is 9.52. The highest BCUT2D eigenvalue weighted by molar-refractivity contribution is 5.24. The molecule has 0 radical (unpaired) electrons. The fourth-order valence-corrected chi connectivity index (χ4v) is 2.35. The van der Waals surface area contributed by atoms with Crippen molar-refractivity contribution in [3.8, 4) is 0 Å². The number of hydrogen-bond acceptors (Lipinski definition) is 3. The summed E-state index contributed by atoms with van der Waals surface area (Å²) in [4.78, 5) is 0. The topological polar surface area (TPSA) is 52.5 Å². The Labute approximate surface area is 126 Å². The van der Waals surface area contributed by atoms with Crippen molar-refractivity contribution in [2.45, 2.75) is 24.9 Å². The molecule has 2 aromatic rings. The van der Waals surface area contributed by atoms with Crippen molar-refractivity contribution < 1.29 is 10.2 Å². The average Bonchev–Trinajstić information content (AvgIpc) is 2.56. The van der Waals surface area contributed by atoms with Gasteiger partial charge in [-0.15, -0.1) is 0 Å². The van der Waals surface area contributed by atoms with Crippen LogP contribution in [0.1, 0.15) is 24.1 Å². The Bertz CT molecular complexity index is 523. The molecule has 0 aliphatic heterocycles. The molecule has 2 aromatic carbocycles. The molecule has 0 aromatic heterocycles. The summed E-state index contributed by atoms with van der Waals surface area (Å²) in [6, 6.07) is 20.4. The van der Waals surface area contributed by atoms with E-state index in [0.29, 0.717) is 0 Å². The third-order valence-corrected chi connectivity index (χ3v) is 3.71. The van der Waals surface area contributed by atoms with E-state index in [-0.39, 0.29) is 19.3 Å². The second-order valence-corrected chi connectivity index (χ2v) is 5.67. The number of aliphatic hydroxyl groups excluding tert-OH is 2. The molecule has 0 aliphatic carbocycles. The SMILES string of the molecule is CC(CO)(CO)N[C@H](Cc1ccccc1)c1ccccc1. The van der Waals surface area contributed by atoms with E-state index in [2.05, 4.69) is 29.6 Å².